The fourth-order valence-corrected chi connectivity index (χ4v) is 4.09. The van der Waals surface area contributed by atoms with Gasteiger partial charge in [0.2, 0.25) is 0 Å². The molecule has 1 aliphatic heterocycles. The number of thiazole rings is 1. The molecule has 3 rings (SSSR count). The number of aliphatic hydroxyl groups is 1. The van der Waals surface area contributed by atoms with E-state index in [1.54, 1.807) is 11.3 Å². The third-order valence-corrected chi connectivity index (χ3v) is 5.25. The summed E-state index contributed by atoms with van der Waals surface area (Å²) < 4.78 is 2.24. The molecule has 20 heavy (non-hydrogen) atoms. The van der Waals surface area contributed by atoms with Gasteiger partial charge in [0.1, 0.15) is 0 Å². The van der Waals surface area contributed by atoms with E-state index in [1.807, 2.05) is 0 Å². The molecule has 2 aromatic heterocycles. The summed E-state index contributed by atoms with van der Waals surface area (Å²) in [7, 11) is 0. The number of rotatable bonds is 3. The molecule has 1 atom stereocenters. The summed E-state index contributed by atoms with van der Waals surface area (Å²) in [6.07, 6.45) is 4.48. The van der Waals surface area contributed by atoms with E-state index in [9.17, 15) is 5.11 Å². The van der Waals surface area contributed by atoms with Crippen LogP contribution >= 0.6 is 11.3 Å². The summed E-state index contributed by atoms with van der Waals surface area (Å²) in [6.45, 7) is 9.71. The van der Waals surface area contributed by atoms with Crippen molar-refractivity contribution in [2.75, 3.05) is 19.7 Å². The van der Waals surface area contributed by atoms with Crippen molar-refractivity contribution in [2.24, 2.45) is 5.41 Å². The van der Waals surface area contributed by atoms with Crippen LogP contribution in [0.4, 0.5) is 0 Å². The molecule has 4 nitrogen and oxygen atoms in total. The van der Waals surface area contributed by atoms with Crippen LogP contribution in [0, 0.1) is 19.3 Å². The Morgan fingerprint density at radius 3 is 3.00 bits per heavy atom. The molecular weight excluding hydrogens is 270 g/mol. The van der Waals surface area contributed by atoms with E-state index in [4.69, 9.17) is 0 Å². The molecule has 1 saturated heterocycles. The normalized spacial score (nSPS) is 24.6. The SMILES string of the molecule is Cc1cn2c(CN3CCCC(C)(CO)C3)c(C)nc2s1. The van der Waals surface area contributed by atoms with Gasteiger partial charge in [-0.1, -0.05) is 6.92 Å². The predicted octanol–water partition coefficient (Wildman–Crippen LogP) is 2.61. The van der Waals surface area contributed by atoms with Crippen molar-refractivity contribution in [3.63, 3.8) is 0 Å². The monoisotopic (exact) mass is 293 g/mol. The molecule has 0 aliphatic carbocycles. The van der Waals surface area contributed by atoms with Gasteiger partial charge in [-0.3, -0.25) is 9.30 Å². The van der Waals surface area contributed by atoms with Crippen LogP contribution in [0.1, 0.15) is 36.0 Å². The van der Waals surface area contributed by atoms with Crippen LogP contribution in [-0.2, 0) is 6.54 Å². The van der Waals surface area contributed by atoms with Gasteiger partial charge < -0.3 is 5.11 Å². The van der Waals surface area contributed by atoms with Crippen LogP contribution in [0.15, 0.2) is 6.20 Å². The number of piperidine rings is 1. The van der Waals surface area contributed by atoms with Gasteiger partial charge in [0.05, 0.1) is 11.4 Å². The average Bonchev–Trinajstić information content (AvgIpc) is 2.88. The van der Waals surface area contributed by atoms with Gasteiger partial charge in [0.15, 0.2) is 4.96 Å². The van der Waals surface area contributed by atoms with E-state index < -0.39 is 0 Å². The van der Waals surface area contributed by atoms with E-state index in [2.05, 4.69) is 41.3 Å². The number of nitrogens with zero attached hydrogens (tertiary/aromatic N) is 3. The first-order valence-corrected chi connectivity index (χ1v) is 8.10. The summed E-state index contributed by atoms with van der Waals surface area (Å²) in [5.41, 5.74) is 2.49. The Morgan fingerprint density at radius 1 is 1.45 bits per heavy atom. The Morgan fingerprint density at radius 2 is 2.25 bits per heavy atom. The third kappa shape index (κ3) is 2.50. The van der Waals surface area contributed by atoms with Crippen LogP contribution in [0.3, 0.4) is 0 Å². The number of aryl methyl sites for hydroxylation is 2. The minimum Gasteiger partial charge on any atom is -0.396 e. The maximum atomic E-state index is 9.58. The predicted molar refractivity (Wildman–Crippen MR) is 82.2 cm³/mol. The number of likely N-dealkylation sites (tertiary alicyclic amines) is 1. The summed E-state index contributed by atoms with van der Waals surface area (Å²) >= 11 is 1.75. The molecule has 0 spiro atoms. The Labute approximate surface area is 124 Å². The lowest BCUT2D eigenvalue weighted by Gasteiger charge is -2.39. The van der Waals surface area contributed by atoms with E-state index in [0.717, 1.165) is 36.7 Å². The molecule has 0 amide bonds. The molecule has 1 aliphatic rings. The van der Waals surface area contributed by atoms with Crippen LogP contribution < -0.4 is 0 Å². The van der Waals surface area contributed by atoms with Gasteiger partial charge in [-0.25, -0.2) is 4.98 Å². The smallest absolute Gasteiger partial charge is 0.194 e. The zero-order valence-electron chi connectivity index (χ0n) is 12.5. The van der Waals surface area contributed by atoms with Crippen molar-refractivity contribution < 1.29 is 5.11 Å². The molecule has 0 aromatic carbocycles. The second-order valence-electron chi connectivity index (χ2n) is 6.42. The lowest BCUT2D eigenvalue weighted by Crippen LogP contribution is -2.43. The first kappa shape index (κ1) is 14.0. The molecule has 0 radical (unpaired) electrons. The maximum absolute atomic E-state index is 9.58. The van der Waals surface area contributed by atoms with Crippen molar-refractivity contribution in [1.29, 1.82) is 0 Å². The third-order valence-electron chi connectivity index (χ3n) is 4.36. The second kappa shape index (κ2) is 5.13. The Hall–Kier alpha value is -0.910. The standard InChI is InChI=1S/C15H23N3OS/c1-11-7-18-13(12(2)16-14(18)20-11)8-17-6-4-5-15(3,9-17)10-19/h7,19H,4-6,8-10H2,1-3H3. The van der Waals surface area contributed by atoms with Gasteiger partial charge >= 0.3 is 0 Å². The van der Waals surface area contributed by atoms with Gasteiger partial charge in [-0.05, 0) is 33.2 Å². The van der Waals surface area contributed by atoms with Crippen molar-refractivity contribution in [3.8, 4) is 0 Å². The number of aliphatic hydroxyl groups excluding tert-OH is 1. The number of imidazole rings is 1. The number of hydrogen-bond donors (Lipinski definition) is 1. The largest absolute Gasteiger partial charge is 0.396 e. The fraction of sp³-hybridized carbons (Fsp3) is 0.667. The molecule has 0 bridgehead atoms. The van der Waals surface area contributed by atoms with E-state index in [-0.39, 0.29) is 12.0 Å². The van der Waals surface area contributed by atoms with Gasteiger partial charge in [-0.2, -0.15) is 0 Å². The first-order valence-electron chi connectivity index (χ1n) is 7.28. The molecule has 2 aromatic rings. The van der Waals surface area contributed by atoms with E-state index in [1.165, 1.54) is 17.0 Å². The van der Waals surface area contributed by atoms with Crippen molar-refractivity contribution in [2.45, 2.75) is 40.2 Å². The summed E-state index contributed by atoms with van der Waals surface area (Å²) in [4.78, 5) is 9.52. The highest BCUT2D eigenvalue weighted by atomic mass is 32.1. The topological polar surface area (TPSA) is 40.8 Å². The molecule has 5 heteroatoms. The van der Waals surface area contributed by atoms with Gasteiger partial charge in [-0.15, -0.1) is 11.3 Å². The van der Waals surface area contributed by atoms with E-state index >= 15 is 0 Å². The van der Waals surface area contributed by atoms with Crippen molar-refractivity contribution in [3.05, 3.63) is 22.5 Å². The fourth-order valence-electron chi connectivity index (χ4n) is 3.20. The molecule has 3 heterocycles. The Kier molecular flexibility index (Phi) is 3.60. The van der Waals surface area contributed by atoms with Gasteiger partial charge in [0, 0.05) is 36.2 Å². The highest BCUT2D eigenvalue weighted by molar-refractivity contribution is 7.17. The Balaban J connectivity index is 1.83. The number of aromatic nitrogens is 2. The molecule has 110 valence electrons. The lowest BCUT2D eigenvalue weighted by molar-refractivity contribution is 0.0422. The van der Waals surface area contributed by atoms with Crippen LogP contribution in [0.2, 0.25) is 0 Å². The van der Waals surface area contributed by atoms with Crippen LogP contribution in [0.25, 0.3) is 4.96 Å². The van der Waals surface area contributed by atoms with Crippen LogP contribution in [-0.4, -0.2) is 39.1 Å². The summed E-state index contributed by atoms with van der Waals surface area (Å²) in [6, 6.07) is 0. The summed E-state index contributed by atoms with van der Waals surface area (Å²) in [5.74, 6) is 0. The first-order chi connectivity index (χ1) is 9.50. The zero-order chi connectivity index (χ0) is 14.3. The molecule has 1 N–H and O–H groups in total. The quantitative estimate of drug-likeness (QED) is 0.945. The van der Waals surface area contributed by atoms with Crippen LogP contribution in [0.5, 0.6) is 0 Å². The van der Waals surface area contributed by atoms with Crippen molar-refractivity contribution in [1.82, 2.24) is 14.3 Å². The second-order valence-corrected chi connectivity index (χ2v) is 7.63. The highest BCUT2D eigenvalue weighted by Crippen LogP contribution is 2.30. The molecule has 1 unspecified atom stereocenters. The summed E-state index contributed by atoms with van der Waals surface area (Å²) in [5, 5.41) is 9.58. The molecule has 1 fully saturated rings. The lowest BCUT2D eigenvalue weighted by atomic mass is 9.83. The highest BCUT2D eigenvalue weighted by Gasteiger charge is 2.30. The van der Waals surface area contributed by atoms with Crippen molar-refractivity contribution >= 4 is 16.3 Å². The minimum atomic E-state index is 0.0561. The molecule has 0 saturated carbocycles. The zero-order valence-corrected chi connectivity index (χ0v) is 13.3. The average molecular weight is 293 g/mol. The molecular formula is C15H23N3OS. The van der Waals surface area contributed by atoms with E-state index in [0.29, 0.717) is 0 Å². The van der Waals surface area contributed by atoms with Gasteiger partial charge in [0.25, 0.3) is 0 Å². The number of fused-ring (bicyclic) bond motifs is 1. The Bertz CT molecular complexity index is 618. The minimum absolute atomic E-state index is 0.0561. The number of hydrogen-bond acceptors (Lipinski definition) is 4. The maximum Gasteiger partial charge on any atom is 0.194 e.